The quantitative estimate of drug-likeness (QED) is 0.696. The van der Waals surface area contributed by atoms with Crippen molar-refractivity contribution in [2.24, 2.45) is 17.6 Å². The van der Waals surface area contributed by atoms with Crippen molar-refractivity contribution in [2.45, 2.75) is 24.9 Å². The lowest BCUT2D eigenvalue weighted by Crippen LogP contribution is -2.30. The minimum absolute atomic E-state index is 0.0629. The molecule has 7 nitrogen and oxygen atoms in total. The van der Waals surface area contributed by atoms with E-state index < -0.39 is 39.7 Å². The molecule has 1 aromatic carbocycles. The van der Waals surface area contributed by atoms with Crippen molar-refractivity contribution in [3.05, 3.63) is 33.6 Å². The highest BCUT2D eigenvalue weighted by Gasteiger charge is 2.54. The minimum atomic E-state index is -1.45. The van der Waals surface area contributed by atoms with Gasteiger partial charge in [0.2, 0.25) is 5.43 Å². The Labute approximate surface area is 152 Å². The van der Waals surface area contributed by atoms with Gasteiger partial charge >= 0.3 is 5.97 Å². The number of nitrogens with two attached hydrogens (primary N) is 2. The molecule has 1 saturated heterocycles. The molecule has 0 radical (unpaired) electrons. The Morgan fingerprint density at radius 2 is 1.81 bits per heavy atom. The topological polar surface area (TPSA) is 115 Å². The molecule has 2 unspecified atom stereocenters. The number of piperidine rings is 1. The highest BCUT2D eigenvalue weighted by atomic mass is 19.1. The Kier molecular flexibility index (Phi) is 3.17. The molecule has 1 aromatic heterocycles. The van der Waals surface area contributed by atoms with Crippen LogP contribution in [0.15, 0.2) is 11.0 Å². The molecular formula is C18H18F2N4O3. The van der Waals surface area contributed by atoms with E-state index in [1.165, 1.54) is 4.57 Å². The van der Waals surface area contributed by atoms with Crippen LogP contribution in [0.1, 0.15) is 29.2 Å². The van der Waals surface area contributed by atoms with Crippen LogP contribution in [0.5, 0.6) is 0 Å². The molecule has 2 atom stereocenters. The van der Waals surface area contributed by atoms with Crippen LogP contribution in [0.4, 0.5) is 20.2 Å². The molecule has 0 bridgehead atoms. The van der Waals surface area contributed by atoms with Crippen molar-refractivity contribution in [3.63, 3.8) is 0 Å². The van der Waals surface area contributed by atoms with Crippen LogP contribution in [0.3, 0.4) is 0 Å². The first-order chi connectivity index (χ1) is 12.8. The van der Waals surface area contributed by atoms with Gasteiger partial charge in [-0.2, -0.15) is 0 Å². The highest BCUT2D eigenvalue weighted by Crippen LogP contribution is 2.48. The average molecular weight is 376 g/mol. The van der Waals surface area contributed by atoms with E-state index in [1.54, 1.807) is 4.90 Å². The van der Waals surface area contributed by atoms with E-state index in [0.717, 1.165) is 19.0 Å². The van der Waals surface area contributed by atoms with Crippen molar-refractivity contribution in [1.29, 1.82) is 0 Å². The second-order valence-corrected chi connectivity index (χ2v) is 7.74. The van der Waals surface area contributed by atoms with E-state index in [2.05, 4.69) is 0 Å². The van der Waals surface area contributed by atoms with E-state index in [1.807, 2.05) is 0 Å². The predicted molar refractivity (Wildman–Crippen MR) is 94.9 cm³/mol. The van der Waals surface area contributed by atoms with E-state index in [4.69, 9.17) is 11.5 Å². The number of nitrogens with zero attached hydrogens (tertiary/aromatic N) is 2. The molecule has 142 valence electrons. The van der Waals surface area contributed by atoms with Gasteiger partial charge in [0, 0.05) is 31.4 Å². The zero-order chi connectivity index (χ0) is 19.2. The summed E-state index contributed by atoms with van der Waals surface area (Å²) in [6.07, 6.45) is 2.60. The van der Waals surface area contributed by atoms with Crippen molar-refractivity contribution < 1.29 is 18.7 Å². The number of pyridine rings is 1. The van der Waals surface area contributed by atoms with E-state index in [-0.39, 0.29) is 35.1 Å². The largest absolute Gasteiger partial charge is 0.477 e. The molecule has 2 heterocycles. The first-order valence-corrected chi connectivity index (χ1v) is 8.90. The summed E-state index contributed by atoms with van der Waals surface area (Å²) >= 11 is 0. The summed E-state index contributed by atoms with van der Waals surface area (Å²) in [6, 6.07) is -0.0632. The summed E-state index contributed by atoms with van der Waals surface area (Å²) in [7, 11) is 0. The number of benzene rings is 1. The number of nitrogen functional groups attached to an aromatic ring is 1. The lowest BCUT2D eigenvalue weighted by Gasteiger charge is -2.25. The fourth-order valence-electron chi connectivity index (χ4n) is 4.38. The van der Waals surface area contributed by atoms with Crippen molar-refractivity contribution in [1.82, 2.24) is 4.57 Å². The Morgan fingerprint density at radius 1 is 1.19 bits per heavy atom. The summed E-state index contributed by atoms with van der Waals surface area (Å²) in [6.45, 7) is 0.872. The number of anilines is 2. The second-order valence-electron chi connectivity index (χ2n) is 7.74. The molecule has 0 amide bonds. The fraction of sp³-hybridized carbons (Fsp3) is 0.444. The monoisotopic (exact) mass is 376 g/mol. The molecule has 2 aromatic rings. The number of hydrogen-bond donors (Lipinski definition) is 3. The summed E-state index contributed by atoms with van der Waals surface area (Å²) in [5.41, 5.74) is 9.41. The van der Waals surface area contributed by atoms with Gasteiger partial charge in [0.25, 0.3) is 0 Å². The van der Waals surface area contributed by atoms with Gasteiger partial charge in [0.15, 0.2) is 11.6 Å². The molecule has 9 heteroatoms. The molecule has 3 fully saturated rings. The fourth-order valence-corrected chi connectivity index (χ4v) is 4.38. The molecule has 0 spiro atoms. The number of carboxylic acid groups (broad SMARTS) is 1. The zero-order valence-electron chi connectivity index (χ0n) is 14.3. The van der Waals surface area contributed by atoms with Crippen molar-refractivity contribution in [3.8, 4) is 0 Å². The van der Waals surface area contributed by atoms with Crippen LogP contribution in [0, 0.1) is 23.5 Å². The highest BCUT2D eigenvalue weighted by molar-refractivity contribution is 5.99. The maximum absolute atomic E-state index is 15.5. The number of aromatic carboxylic acids is 1. The van der Waals surface area contributed by atoms with Crippen LogP contribution in [-0.4, -0.2) is 34.8 Å². The van der Waals surface area contributed by atoms with Gasteiger partial charge in [-0.3, -0.25) is 4.79 Å². The van der Waals surface area contributed by atoms with Crippen molar-refractivity contribution >= 4 is 28.2 Å². The predicted octanol–water partition coefficient (Wildman–Crippen LogP) is 1.29. The molecule has 3 aliphatic rings. The van der Waals surface area contributed by atoms with Gasteiger partial charge in [-0.1, -0.05) is 0 Å². The third-order valence-electron chi connectivity index (χ3n) is 6.11. The number of carboxylic acids is 1. The number of rotatable bonds is 3. The Balaban J connectivity index is 1.80. The molecule has 1 aliphatic heterocycles. The zero-order valence-corrected chi connectivity index (χ0v) is 14.3. The normalized spacial score (nSPS) is 26.5. The van der Waals surface area contributed by atoms with Crippen molar-refractivity contribution in [2.75, 3.05) is 23.7 Å². The van der Waals surface area contributed by atoms with Gasteiger partial charge in [0.05, 0.1) is 16.6 Å². The first kappa shape index (κ1) is 16.5. The number of fused-ring (bicyclic) bond motifs is 2. The first-order valence-electron chi connectivity index (χ1n) is 8.90. The summed E-state index contributed by atoms with van der Waals surface area (Å²) in [5.74, 6) is -2.92. The Bertz CT molecular complexity index is 1070. The van der Waals surface area contributed by atoms with E-state index >= 15 is 8.78 Å². The summed E-state index contributed by atoms with van der Waals surface area (Å²) in [5, 5.41) is 8.90. The van der Waals surface area contributed by atoms with Gasteiger partial charge in [-0.05, 0) is 24.7 Å². The molecule has 2 aliphatic carbocycles. The lowest BCUT2D eigenvalue weighted by molar-refractivity contribution is 0.0695. The van der Waals surface area contributed by atoms with Gasteiger partial charge in [0.1, 0.15) is 11.3 Å². The Morgan fingerprint density at radius 3 is 2.37 bits per heavy atom. The molecule has 5 rings (SSSR count). The third kappa shape index (κ3) is 2.14. The molecular weight excluding hydrogens is 358 g/mol. The standard InChI is InChI=1S/C18H18F2N4O3/c19-11-14(22)10-15(12(20)16(11)23-3-7-8(4-23)13(7)21)24(6-1-2-6)5-9(17(10)25)18(26)27/h5-8,13H,1-4,21-22H2,(H,26,27). The molecule has 2 saturated carbocycles. The van der Waals surface area contributed by atoms with Crippen LogP contribution in [-0.2, 0) is 0 Å². The maximum atomic E-state index is 15.5. The van der Waals surface area contributed by atoms with Crippen LogP contribution in [0.2, 0.25) is 0 Å². The number of halogens is 2. The number of hydrogen-bond acceptors (Lipinski definition) is 5. The number of carbonyl (C=O) groups is 1. The van der Waals surface area contributed by atoms with Crippen LogP contribution in [0.25, 0.3) is 10.9 Å². The smallest absolute Gasteiger partial charge is 0.341 e. The third-order valence-corrected chi connectivity index (χ3v) is 6.11. The lowest BCUT2D eigenvalue weighted by atomic mass is 10.1. The van der Waals surface area contributed by atoms with Crippen LogP contribution >= 0.6 is 0 Å². The SMILES string of the molecule is Nc1c(F)c(N2CC3C(N)C3C2)c(F)c2c1c(=O)c(C(=O)O)cn2C1CC1. The maximum Gasteiger partial charge on any atom is 0.341 e. The summed E-state index contributed by atoms with van der Waals surface area (Å²) < 4.78 is 31.9. The number of aromatic nitrogens is 1. The average Bonchev–Trinajstić information content (AvgIpc) is 3.51. The van der Waals surface area contributed by atoms with E-state index in [0.29, 0.717) is 13.1 Å². The summed E-state index contributed by atoms with van der Waals surface area (Å²) in [4.78, 5) is 25.6. The van der Waals surface area contributed by atoms with Gasteiger partial charge < -0.3 is 26.0 Å². The van der Waals surface area contributed by atoms with E-state index in [9.17, 15) is 14.7 Å². The Hall–Kier alpha value is -2.68. The van der Waals surface area contributed by atoms with Gasteiger partial charge in [-0.15, -0.1) is 0 Å². The van der Waals surface area contributed by atoms with Gasteiger partial charge in [-0.25, -0.2) is 13.6 Å². The second kappa shape index (κ2) is 5.19. The molecule has 5 N–H and O–H groups in total. The minimum Gasteiger partial charge on any atom is -0.477 e. The van der Waals surface area contributed by atoms with Crippen LogP contribution < -0.4 is 21.8 Å². The molecule has 27 heavy (non-hydrogen) atoms.